The van der Waals surface area contributed by atoms with Crippen LogP contribution >= 0.6 is 0 Å². The first-order chi connectivity index (χ1) is 3.85. The summed E-state index contributed by atoms with van der Waals surface area (Å²) in [7, 11) is -4.54. The van der Waals surface area contributed by atoms with Crippen LogP contribution in [-0.4, -0.2) is 23.3 Å². The van der Waals surface area contributed by atoms with Gasteiger partial charge in [0.15, 0.2) is 0 Å². The number of hydrogen-bond acceptors (Lipinski definition) is 4. The molecule has 0 saturated heterocycles. The lowest BCUT2D eigenvalue weighted by Gasteiger charge is -2.07. The van der Waals surface area contributed by atoms with E-state index in [0.29, 0.717) is 0 Å². The average Bonchev–Trinajstić information content (AvgIpc) is 1.62. The van der Waals surface area contributed by atoms with E-state index in [0.717, 1.165) is 6.92 Å². The van der Waals surface area contributed by atoms with E-state index in [1.165, 1.54) is 0 Å². The minimum absolute atomic E-state index is 0.257. The Balaban J connectivity index is 4.43. The molecule has 3 N–H and O–H groups in total. The molecule has 0 spiro atoms. The van der Waals surface area contributed by atoms with Crippen LogP contribution in [0.15, 0.2) is 0 Å². The number of carbonyl (C=O) groups is 1. The second-order valence-corrected chi connectivity index (χ2v) is 2.58. The van der Waals surface area contributed by atoms with Crippen LogP contribution in [0.3, 0.4) is 0 Å². The predicted octanol–water partition coefficient (Wildman–Crippen LogP) is -1.49. The molecule has 0 radical (unpaired) electrons. The first kappa shape index (κ1) is 8.34. The summed E-state index contributed by atoms with van der Waals surface area (Å²) in [5.41, 5.74) is 0. The third-order valence-corrected chi connectivity index (χ3v) is 1.31. The molecule has 0 saturated carbocycles. The molecule has 0 bridgehead atoms. The van der Waals surface area contributed by atoms with E-state index in [4.69, 9.17) is 4.55 Å². The van der Waals surface area contributed by atoms with Crippen LogP contribution in [0.1, 0.15) is 6.92 Å². The Morgan fingerprint density at radius 3 is 2.00 bits per heavy atom. The van der Waals surface area contributed by atoms with Crippen molar-refractivity contribution in [1.29, 1.82) is 0 Å². The molecule has 0 atom stereocenters. The highest BCUT2D eigenvalue weighted by molar-refractivity contribution is 7.83. The van der Waals surface area contributed by atoms with Gasteiger partial charge in [0.2, 0.25) is 5.91 Å². The number of hydrazine groups is 1. The second kappa shape index (κ2) is 2.29. The maximum Gasteiger partial charge on any atom is 0.375 e. The maximum absolute atomic E-state index is 10.1. The molecule has 0 aromatic carbocycles. The number of rotatable bonds is 1. The van der Waals surface area contributed by atoms with Gasteiger partial charge in [0.05, 0.1) is 0 Å². The average molecular weight is 154 g/mol. The standard InChI is InChI=1S/C2H6N2O4S/c1-2(5)4(3)9(6,7)8/h3H2,1H3,(H,6,7,8). The summed E-state index contributed by atoms with van der Waals surface area (Å²) in [6.45, 7) is 0.910. The van der Waals surface area contributed by atoms with Crippen molar-refractivity contribution in [2.24, 2.45) is 5.84 Å². The van der Waals surface area contributed by atoms with E-state index >= 15 is 0 Å². The van der Waals surface area contributed by atoms with Crippen molar-refractivity contribution in [3.05, 3.63) is 0 Å². The van der Waals surface area contributed by atoms with Gasteiger partial charge in [-0.25, -0.2) is 5.84 Å². The van der Waals surface area contributed by atoms with Crippen LogP contribution in [0.4, 0.5) is 0 Å². The van der Waals surface area contributed by atoms with Gasteiger partial charge >= 0.3 is 10.3 Å². The van der Waals surface area contributed by atoms with E-state index in [2.05, 4.69) is 5.84 Å². The predicted molar refractivity (Wildman–Crippen MR) is 28.3 cm³/mol. The number of nitrogens with two attached hydrogens (primary N) is 1. The van der Waals surface area contributed by atoms with Gasteiger partial charge in [0, 0.05) is 6.92 Å². The van der Waals surface area contributed by atoms with Crippen LogP contribution < -0.4 is 5.84 Å². The lowest BCUT2D eigenvalue weighted by atomic mass is 10.8. The molecule has 7 heteroatoms. The fourth-order valence-electron chi connectivity index (χ4n) is 0.162. The lowest BCUT2D eigenvalue weighted by Crippen LogP contribution is -2.40. The van der Waals surface area contributed by atoms with Crippen molar-refractivity contribution in [3.8, 4) is 0 Å². The Morgan fingerprint density at radius 1 is 1.67 bits per heavy atom. The van der Waals surface area contributed by atoms with Crippen LogP contribution in [0.25, 0.3) is 0 Å². The Bertz CT molecular complexity index is 207. The minimum atomic E-state index is -4.54. The van der Waals surface area contributed by atoms with Gasteiger partial charge < -0.3 is 0 Å². The molecule has 0 fully saturated rings. The summed E-state index contributed by atoms with van der Waals surface area (Å²) >= 11 is 0. The van der Waals surface area contributed by atoms with Crippen LogP contribution in [0.5, 0.6) is 0 Å². The first-order valence-electron chi connectivity index (χ1n) is 1.88. The van der Waals surface area contributed by atoms with Crippen molar-refractivity contribution >= 4 is 16.2 Å². The van der Waals surface area contributed by atoms with Gasteiger partial charge in [-0.2, -0.15) is 8.42 Å². The molecule has 0 aliphatic carbocycles. The maximum atomic E-state index is 10.1. The largest absolute Gasteiger partial charge is 0.375 e. The Labute approximate surface area is 52.1 Å². The summed E-state index contributed by atoms with van der Waals surface area (Å²) in [6, 6.07) is 0. The van der Waals surface area contributed by atoms with E-state index in [9.17, 15) is 13.2 Å². The molecule has 0 heterocycles. The normalized spacial score (nSPS) is 11.0. The number of nitrogens with zero attached hydrogens (tertiary/aromatic N) is 1. The molecule has 0 aromatic rings. The summed E-state index contributed by atoms with van der Waals surface area (Å²) in [4.78, 5) is 10.1. The Kier molecular flexibility index (Phi) is 2.13. The summed E-state index contributed by atoms with van der Waals surface area (Å²) in [5.74, 6) is 3.59. The molecule has 0 rings (SSSR count). The molecule has 9 heavy (non-hydrogen) atoms. The van der Waals surface area contributed by atoms with Crippen molar-refractivity contribution in [3.63, 3.8) is 0 Å². The number of hydrogen-bond donors (Lipinski definition) is 2. The van der Waals surface area contributed by atoms with Gasteiger partial charge in [-0.05, 0) is 0 Å². The monoisotopic (exact) mass is 154 g/mol. The van der Waals surface area contributed by atoms with E-state index in [1.807, 2.05) is 0 Å². The molecular weight excluding hydrogens is 148 g/mol. The summed E-state index contributed by atoms with van der Waals surface area (Å²) in [5, 5.41) is 0. The minimum Gasteiger partial charge on any atom is -0.273 e. The van der Waals surface area contributed by atoms with Crippen molar-refractivity contribution < 1.29 is 17.8 Å². The summed E-state index contributed by atoms with van der Waals surface area (Å²) in [6.07, 6.45) is 0. The highest BCUT2D eigenvalue weighted by Gasteiger charge is 2.16. The summed E-state index contributed by atoms with van der Waals surface area (Å²) < 4.78 is 27.6. The molecule has 1 amide bonds. The van der Waals surface area contributed by atoms with E-state index in [-0.39, 0.29) is 4.41 Å². The van der Waals surface area contributed by atoms with Crippen LogP contribution in [-0.2, 0) is 15.1 Å². The Morgan fingerprint density at radius 2 is 2.00 bits per heavy atom. The highest BCUT2D eigenvalue weighted by atomic mass is 32.2. The molecule has 6 nitrogen and oxygen atoms in total. The molecule has 0 unspecified atom stereocenters. The Hall–Kier alpha value is -0.660. The van der Waals surface area contributed by atoms with Crippen molar-refractivity contribution in [2.45, 2.75) is 6.92 Å². The van der Waals surface area contributed by atoms with Gasteiger partial charge in [-0.15, -0.1) is 4.41 Å². The third kappa shape index (κ3) is 2.40. The van der Waals surface area contributed by atoms with E-state index < -0.39 is 16.2 Å². The molecule has 0 aromatic heterocycles. The fourth-order valence-corrected chi connectivity index (χ4v) is 0.487. The first-order valence-corrected chi connectivity index (χ1v) is 3.28. The van der Waals surface area contributed by atoms with Crippen LogP contribution in [0, 0.1) is 0 Å². The van der Waals surface area contributed by atoms with Gasteiger partial charge in [0.1, 0.15) is 0 Å². The topological polar surface area (TPSA) is 101 Å². The lowest BCUT2D eigenvalue weighted by molar-refractivity contribution is -0.124. The molecule has 0 aliphatic rings. The van der Waals surface area contributed by atoms with Gasteiger partial charge in [-0.1, -0.05) is 0 Å². The molecule has 54 valence electrons. The third-order valence-electron chi connectivity index (χ3n) is 0.559. The zero-order chi connectivity index (χ0) is 7.65. The van der Waals surface area contributed by atoms with E-state index in [1.54, 1.807) is 0 Å². The zero-order valence-corrected chi connectivity index (χ0v) is 5.42. The number of amides is 1. The molecule has 0 aliphatic heterocycles. The fraction of sp³-hybridized carbons (Fsp3) is 0.500. The van der Waals surface area contributed by atoms with Gasteiger partial charge in [0.25, 0.3) is 0 Å². The second-order valence-electron chi connectivity index (χ2n) is 1.29. The zero-order valence-electron chi connectivity index (χ0n) is 4.60. The SMILES string of the molecule is CC(=O)N(N)S(=O)(=O)O. The van der Waals surface area contributed by atoms with Crippen LogP contribution in [0.2, 0.25) is 0 Å². The quantitative estimate of drug-likeness (QED) is 0.207. The number of carbonyl (C=O) groups excluding carboxylic acids is 1. The molecular formula is C2H6N2O4S. The smallest absolute Gasteiger partial charge is 0.273 e. The van der Waals surface area contributed by atoms with Gasteiger partial charge in [-0.3, -0.25) is 9.35 Å². The highest BCUT2D eigenvalue weighted by Crippen LogP contribution is 1.86. The van der Waals surface area contributed by atoms with Crippen molar-refractivity contribution in [2.75, 3.05) is 0 Å². The van der Waals surface area contributed by atoms with Crippen molar-refractivity contribution in [1.82, 2.24) is 4.41 Å².